The van der Waals surface area contributed by atoms with Crippen molar-refractivity contribution in [2.45, 2.75) is 19.3 Å². The molecule has 1 aliphatic rings. The summed E-state index contributed by atoms with van der Waals surface area (Å²) >= 11 is 14.0. The third-order valence-corrected chi connectivity index (χ3v) is 7.68. The molecular weight excluding hydrogens is 431 g/mol. The number of rotatable bonds is 1. The summed E-state index contributed by atoms with van der Waals surface area (Å²) in [5, 5.41) is 2.52. The lowest BCUT2D eigenvalue weighted by Gasteiger charge is -2.22. The summed E-state index contributed by atoms with van der Waals surface area (Å²) in [6, 6.07) is 22.0. The molecule has 0 saturated heterocycles. The van der Waals surface area contributed by atoms with Gasteiger partial charge in [0, 0.05) is 15.5 Å². The van der Waals surface area contributed by atoms with Gasteiger partial charge >= 0.3 is 0 Å². The molecule has 0 saturated carbocycles. The van der Waals surface area contributed by atoms with E-state index in [1.54, 1.807) is 11.3 Å². The van der Waals surface area contributed by atoms with Crippen molar-refractivity contribution in [2.75, 3.05) is 0 Å². The van der Waals surface area contributed by atoms with E-state index in [4.69, 9.17) is 23.2 Å². The van der Waals surface area contributed by atoms with E-state index in [0.717, 1.165) is 25.9 Å². The summed E-state index contributed by atoms with van der Waals surface area (Å²) in [5.41, 5.74) is 7.75. The number of nitrogens with zero attached hydrogens (tertiary/aromatic N) is 2. The maximum absolute atomic E-state index is 6.42. The number of aromatic nitrogens is 2. The van der Waals surface area contributed by atoms with Crippen LogP contribution in [0.2, 0.25) is 10.4 Å². The minimum atomic E-state index is -0.0188. The van der Waals surface area contributed by atoms with E-state index < -0.39 is 0 Å². The average molecular weight is 447 g/mol. The van der Waals surface area contributed by atoms with E-state index in [-0.39, 0.29) is 10.7 Å². The SMILES string of the molecule is CC1(C)c2ccccc2-c2ccc(-c3ccc4sc5nc(Cl)nc(Cl)c5c4c3)cc21. The predicted octanol–water partition coefficient (Wildman–Crippen LogP) is 8.12. The van der Waals surface area contributed by atoms with E-state index in [1.165, 1.54) is 27.8 Å². The highest BCUT2D eigenvalue weighted by Gasteiger charge is 2.35. The average Bonchev–Trinajstić information content (AvgIpc) is 3.20. The third kappa shape index (κ3) is 2.49. The zero-order valence-electron chi connectivity index (χ0n) is 16.3. The predicted molar refractivity (Wildman–Crippen MR) is 128 cm³/mol. The molecule has 1 aliphatic carbocycles. The van der Waals surface area contributed by atoms with E-state index in [1.807, 2.05) is 0 Å². The monoisotopic (exact) mass is 446 g/mol. The minimum absolute atomic E-state index is 0.0188. The fourth-order valence-corrected chi connectivity index (χ4v) is 6.32. The van der Waals surface area contributed by atoms with Gasteiger partial charge in [0.25, 0.3) is 0 Å². The molecule has 0 unspecified atom stereocenters. The van der Waals surface area contributed by atoms with Gasteiger partial charge in [-0.25, -0.2) is 9.97 Å². The summed E-state index contributed by atoms with van der Waals surface area (Å²) in [5.74, 6) is 0. The minimum Gasteiger partial charge on any atom is -0.207 e. The van der Waals surface area contributed by atoms with Crippen LogP contribution in [-0.2, 0) is 5.41 Å². The Morgan fingerprint density at radius 2 is 1.53 bits per heavy atom. The van der Waals surface area contributed by atoms with Gasteiger partial charge in [-0.2, -0.15) is 0 Å². The van der Waals surface area contributed by atoms with Gasteiger partial charge in [0.2, 0.25) is 5.28 Å². The molecule has 5 aromatic rings. The zero-order valence-corrected chi connectivity index (χ0v) is 18.7. The first-order valence-corrected chi connectivity index (χ1v) is 11.3. The lowest BCUT2D eigenvalue weighted by molar-refractivity contribution is 0.660. The van der Waals surface area contributed by atoms with Crippen molar-refractivity contribution in [1.29, 1.82) is 0 Å². The topological polar surface area (TPSA) is 25.8 Å². The Kier molecular flexibility index (Phi) is 3.83. The number of hydrogen-bond donors (Lipinski definition) is 0. The van der Waals surface area contributed by atoms with Crippen LogP contribution in [0.3, 0.4) is 0 Å². The molecule has 0 radical (unpaired) electrons. The summed E-state index contributed by atoms with van der Waals surface area (Å²) in [7, 11) is 0. The fourth-order valence-electron chi connectivity index (χ4n) is 4.67. The van der Waals surface area contributed by atoms with E-state index in [2.05, 4.69) is 84.5 Å². The normalized spacial score (nSPS) is 14.3. The van der Waals surface area contributed by atoms with Gasteiger partial charge in [0.1, 0.15) is 9.98 Å². The van der Waals surface area contributed by atoms with Crippen molar-refractivity contribution < 1.29 is 0 Å². The molecule has 2 aromatic heterocycles. The van der Waals surface area contributed by atoms with Crippen LogP contribution in [0, 0.1) is 0 Å². The molecule has 2 heterocycles. The zero-order chi connectivity index (χ0) is 20.6. The summed E-state index contributed by atoms with van der Waals surface area (Å²) in [4.78, 5) is 9.31. The lowest BCUT2D eigenvalue weighted by Crippen LogP contribution is -2.14. The quantitative estimate of drug-likeness (QED) is 0.192. The molecule has 0 N–H and O–H groups in total. The molecule has 0 spiro atoms. The molecule has 2 nitrogen and oxygen atoms in total. The first-order chi connectivity index (χ1) is 14.4. The molecule has 146 valence electrons. The Morgan fingerprint density at radius 3 is 2.40 bits per heavy atom. The van der Waals surface area contributed by atoms with Crippen LogP contribution in [0.15, 0.2) is 60.7 Å². The van der Waals surface area contributed by atoms with Gasteiger partial charge in [-0.1, -0.05) is 67.9 Å². The van der Waals surface area contributed by atoms with Gasteiger partial charge in [0.15, 0.2) is 0 Å². The van der Waals surface area contributed by atoms with E-state index in [9.17, 15) is 0 Å². The number of thiophene rings is 1. The highest BCUT2D eigenvalue weighted by atomic mass is 35.5. The van der Waals surface area contributed by atoms with Crippen LogP contribution in [0.1, 0.15) is 25.0 Å². The molecule has 0 bridgehead atoms. The van der Waals surface area contributed by atoms with Crippen LogP contribution in [0.25, 0.3) is 42.6 Å². The number of fused-ring (bicyclic) bond motifs is 6. The standard InChI is InChI=1S/C25H16Cl2N2S/c1-25(2)18-6-4-3-5-15(18)16-9-7-14(12-19(16)25)13-8-10-20-17(11-13)21-22(26)28-24(27)29-23(21)30-20/h3-12H,1-2H3. The molecule has 0 atom stereocenters. The highest BCUT2D eigenvalue weighted by Crippen LogP contribution is 2.49. The van der Waals surface area contributed by atoms with Crippen molar-refractivity contribution in [3.8, 4) is 22.3 Å². The molecule has 3 aromatic carbocycles. The van der Waals surface area contributed by atoms with Crippen molar-refractivity contribution >= 4 is 54.8 Å². The third-order valence-electron chi connectivity index (χ3n) is 6.18. The van der Waals surface area contributed by atoms with Crippen molar-refractivity contribution in [1.82, 2.24) is 9.97 Å². The summed E-state index contributed by atoms with van der Waals surface area (Å²) in [6.45, 7) is 4.61. The van der Waals surface area contributed by atoms with Crippen LogP contribution in [0.5, 0.6) is 0 Å². The smallest absolute Gasteiger partial charge is 0.207 e. The molecule has 0 aliphatic heterocycles. The van der Waals surface area contributed by atoms with Crippen LogP contribution in [-0.4, -0.2) is 9.97 Å². The second-order valence-corrected chi connectivity index (χ2v) is 9.93. The number of halogens is 2. The summed E-state index contributed by atoms with van der Waals surface area (Å²) in [6.07, 6.45) is 0. The highest BCUT2D eigenvalue weighted by molar-refractivity contribution is 7.25. The van der Waals surface area contributed by atoms with Gasteiger partial charge < -0.3 is 0 Å². The Bertz CT molecular complexity index is 1500. The maximum Gasteiger partial charge on any atom is 0.225 e. The van der Waals surface area contributed by atoms with Crippen molar-refractivity contribution in [3.63, 3.8) is 0 Å². The van der Waals surface area contributed by atoms with E-state index in [0.29, 0.717) is 5.15 Å². The number of benzene rings is 3. The Hall–Kier alpha value is -2.46. The number of hydrogen-bond acceptors (Lipinski definition) is 3. The second kappa shape index (κ2) is 6.27. The molecule has 0 fully saturated rings. The fraction of sp³-hybridized carbons (Fsp3) is 0.120. The largest absolute Gasteiger partial charge is 0.225 e. The maximum atomic E-state index is 6.42. The molecule has 30 heavy (non-hydrogen) atoms. The Labute approximate surface area is 188 Å². The molecule has 0 amide bonds. The lowest BCUT2D eigenvalue weighted by atomic mass is 9.81. The molecule has 5 heteroatoms. The summed E-state index contributed by atoms with van der Waals surface area (Å²) < 4.78 is 1.13. The van der Waals surface area contributed by atoms with Gasteiger partial charge in [-0.05, 0) is 63.2 Å². The van der Waals surface area contributed by atoms with Crippen LogP contribution in [0.4, 0.5) is 0 Å². The van der Waals surface area contributed by atoms with Gasteiger partial charge in [0.05, 0.1) is 5.39 Å². The van der Waals surface area contributed by atoms with Crippen molar-refractivity contribution in [2.24, 2.45) is 0 Å². The first kappa shape index (κ1) is 18.3. The Morgan fingerprint density at radius 1 is 0.800 bits per heavy atom. The molecular formula is C25H16Cl2N2S. The van der Waals surface area contributed by atoms with Crippen LogP contribution >= 0.6 is 34.5 Å². The van der Waals surface area contributed by atoms with Crippen molar-refractivity contribution in [3.05, 3.63) is 82.2 Å². The second-order valence-electron chi connectivity index (χ2n) is 8.21. The van der Waals surface area contributed by atoms with Gasteiger partial charge in [-0.15, -0.1) is 11.3 Å². The first-order valence-electron chi connectivity index (χ1n) is 9.73. The van der Waals surface area contributed by atoms with E-state index >= 15 is 0 Å². The molecule has 6 rings (SSSR count). The van der Waals surface area contributed by atoms with Gasteiger partial charge in [-0.3, -0.25) is 0 Å². The van der Waals surface area contributed by atoms with Crippen LogP contribution < -0.4 is 0 Å². The Balaban J connectivity index is 1.55.